The number of halogens is 1. The van der Waals surface area contributed by atoms with Gasteiger partial charge in [0.05, 0.1) is 5.92 Å². The van der Waals surface area contributed by atoms with Gasteiger partial charge in [-0.25, -0.2) is 0 Å². The van der Waals surface area contributed by atoms with Crippen molar-refractivity contribution < 1.29 is 4.74 Å². The van der Waals surface area contributed by atoms with E-state index in [2.05, 4.69) is 11.1 Å². The molecule has 0 saturated heterocycles. The lowest BCUT2D eigenvalue weighted by Crippen LogP contribution is -2.21. The van der Waals surface area contributed by atoms with Crippen molar-refractivity contribution in [2.45, 2.75) is 5.92 Å². The number of nitrogens with two attached hydrogens (primary N) is 1. The van der Waals surface area contributed by atoms with Crippen LogP contribution in [0.15, 0.2) is 66.3 Å². The number of hydrogen-bond acceptors (Lipinski definition) is 4. The molecule has 1 aliphatic rings. The highest BCUT2D eigenvalue weighted by Crippen LogP contribution is 2.47. The number of nitrogens with zero attached hydrogens (tertiary/aromatic N) is 2. The van der Waals surface area contributed by atoms with E-state index in [1.807, 2.05) is 42.5 Å². The van der Waals surface area contributed by atoms with Crippen molar-refractivity contribution >= 4 is 22.4 Å². The molecule has 116 valence electrons. The first-order valence-corrected chi connectivity index (χ1v) is 7.77. The number of aromatic nitrogens is 1. The maximum absolute atomic E-state index is 9.58. The van der Waals surface area contributed by atoms with E-state index in [4.69, 9.17) is 22.1 Å². The van der Waals surface area contributed by atoms with E-state index in [-0.39, 0.29) is 11.8 Å². The molecule has 0 bridgehead atoms. The highest BCUT2D eigenvalue weighted by atomic mass is 35.5. The van der Waals surface area contributed by atoms with E-state index in [1.165, 1.54) is 0 Å². The summed E-state index contributed by atoms with van der Waals surface area (Å²) in [6.45, 7) is 0. The summed E-state index contributed by atoms with van der Waals surface area (Å²) >= 11 is 6.47. The summed E-state index contributed by atoms with van der Waals surface area (Å²) in [5.74, 6) is 0.404. The molecule has 1 aliphatic heterocycles. The number of benzene rings is 2. The molecular weight excluding hydrogens is 322 g/mol. The highest BCUT2D eigenvalue weighted by molar-refractivity contribution is 6.36. The first kappa shape index (κ1) is 14.6. The van der Waals surface area contributed by atoms with Crippen molar-refractivity contribution in [2.75, 3.05) is 0 Å². The van der Waals surface area contributed by atoms with Gasteiger partial charge in [-0.1, -0.05) is 41.9 Å². The Labute approximate surface area is 143 Å². The third-order valence-electron chi connectivity index (χ3n) is 4.19. The number of allylic oxidation sites excluding steroid dienone is 1. The molecule has 1 atom stereocenters. The van der Waals surface area contributed by atoms with Crippen molar-refractivity contribution in [3.63, 3.8) is 0 Å². The molecule has 1 aromatic heterocycles. The molecular formula is C19H12ClN3O. The Morgan fingerprint density at radius 3 is 2.67 bits per heavy atom. The van der Waals surface area contributed by atoms with Gasteiger partial charge in [-0.2, -0.15) is 5.26 Å². The second-order valence-corrected chi connectivity index (χ2v) is 5.94. The van der Waals surface area contributed by atoms with Crippen LogP contribution in [0.25, 0.3) is 10.8 Å². The van der Waals surface area contributed by atoms with Crippen LogP contribution in [0, 0.1) is 11.3 Å². The number of pyridine rings is 1. The van der Waals surface area contributed by atoms with Gasteiger partial charge in [0.1, 0.15) is 17.4 Å². The molecule has 1 unspecified atom stereocenters. The van der Waals surface area contributed by atoms with Crippen molar-refractivity contribution in [1.82, 2.24) is 4.98 Å². The zero-order valence-corrected chi connectivity index (χ0v) is 13.3. The number of hydrogen-bond donors (Lipinski definition) is 1. The normalized spacial score (nSPS) is 16.4. The van der Waals surface area contributed by atoms with Gasteiger partial charge in [-0.15, -0.1) is 0 Å². The molecule has 4 nitrogen and oxygen atoms in total. The maximum Gasteiger partial charge on any atom is 0.205 e. The Hall–Kier alpha value is -3.03. The van der Waals surface area contributed by atoms with E-state index in [1.54, 1.807) is 12.4 Å². The molecule has 5 heteroatoms. The molecule has 0 spiro atoms. The first-order chi connectivity index (χ1) is 11.7. The third-order valence-corrected chi connectivity index (χ3v) is 4.50. The zero-order chi connectivity index (χ0) is 16.7. The van der Waals surface area contributed by atoms with E-state index in [0.29, 0.717) is 16.3 Å². The maximum atomic E-state index is 9.58. The number of ether oxygens (including phenoxy) is 1. The van der Waals surface area contributed by atoms with Crippen LogP contribution in [0.5, 0.6) is 5.75 Å². The standard InChI is InChI=1S/C19H12ClN3O/c20-16-8-14-17(11-4-3-7-23-10-11)15(9-21)19(22)24-18(14)13-6-2-1-5-12(13)16/h1-8,10,17H,22H2. The predicted octanol–water partition coefficient (Wildman–Crippen LogP) is 4.11. The average Bonchev–Trinajstić information content (AvgIpc) is 2.62. The molecule has 0 fully saturated rings. The van der Waals surface area contributed by atoms with Crippen molar-refractivity contribution in [1.29, 1.82) is 5.26 Å². The van der Waals surface area contributed by atoms with Crippen LogP contribution in [0.3, 0.4) is 0 Å². The van der Waals surface area contributed by atoms with Crippen LogP contribution in [0.2, 0.25) is 5.02 Å². The first-order valence-electron chi connectivity index (χ1n) is 7.39. The number of rotatable bonds is 1. The van der Waals surface area contributed by atoms with Crippen LogP contribution < -0.4 is 10.5 Å². The SMILES string of the molecule is N#CC1=C(N)Oc2c(cc(Cl)c3ccccc23)C1c1cccnc1. The predicted molar refractivity (Wildman–Crippen MR) is 92.5 cm³/mol. The smallest absolute Gasteiger partial charge is 0.205 e. The van der Waals surface area contributed by atoms with Gasteiger partial charge in [0.25, 0.3) is 0 Å². The summed E-state index contributed by atoms with van der Waals surface area (Å²) in [4.78, 5) is 4.16. The Morgan fingerprint density at radius 1 is 1.17 bits per heavy atom. The molecule has 2 heterocycles. The monoisotopic (exact) mass is 333 g/mol. The lowest BCUT2D eigenvalue weighted by Gasteiger charge is -2.27. The van der Waals surface area contributed by atoms with Crippen LogP contribution in [0.1, 0.15) is 17.0 Å². The Morgan fingerprint density at radius 2 is 1.96 bits per heavy atom. The summed E-state index contributed by atoms with van der Waals surface area (Å²) < 4.78 is 5.81. The summed E-state index contributed by atoms with van der Waals surface area (Å²) in [7, 11) is 0. The van der Waals surface area contributed by atoms with Crippen molar-refractivity contribution in [3.05, 3.63) is 82.5 Å². The average molecular weight is 334 g/mol. The molecule has 0 amide bonds. The van der Waals surface area contributed by atoms with E-state index < -0.39 is 0 Å². The Bertz CT molecular complexity index is 1020. The number of fused-ring (bicyclic) bond motifs is 3. The zero-order valence-electron chi connectivity index (χ0n) is 12.5. The van der Waals surface area contributed by atoms with E-state index in [9.17, 15) is 5.26 Å². The molecule has 3 aromatic rings. The quantitative estimate of drug-likeness (QED) is 0.727. The fourth-order valence-corrected chi connectivity index (χ4v) is 3.41. The van der Waals surface area contributed by atoms with Crippen LogP contribution in [-0.4, -0.2) is 4.98 Å². The molecule has 24 heavy (non-hydrogen) atoms. The topological polar surface area (TPSA) is 71.9 Å². The second-order valence-electron chi connectivity index (χ2n) is 5.53. The van der Waals surface area contributed by atoms with Gasteiger partial charge in [-0.05, 0) is 17.7 Å². The lowest BCUT2D eigenvalue weighted by molar-refractivity contribution is 0.398. The molecule has 2 N–H and O–H groups in total. The fourth-order valence-electron chi connectivity index (χ4n) is 3.13. The lowest BCUT2D eigenvalue weighted by atomic mass is 9.83. The second kappa shape index (κ2) is 5.55. The van der Waals surface area contributed by atoms with Gasteiger partial charge >= 0.3 is 0 Å². The summed E-state index contributed by atoms with van der Waals surface area (Å²) in [5.41, 5.74) is 8.09. The van der Waals surface area contributed by atoms with Crippen molar-refractivity contribution in [3.8, 4) is 11.8 Å². The third kappa shape index (κ3) is 2.10. The molecule has 0 aliphatic carbocycles. The van der Waals surface area contributed by atoms with Crippen LogP contribution in [0.4, 0.5) is 0 Å². The van der Waals surface area contributed by atoms with Gasteiger partial charge in [0.15, 0.2) is 0 Å². The van der Waals surface area contributed by atoms with Gasteiger partial charge in [0, 0.05) is 33.8 Å². The minimum atomic E-state index is -0.352. The Balaban J connectivity index is 2.07. The highest BCUT2D eigenvalue weighted by Gasteiger charge is 2.32. The van der Waals surface area contributed by atoms with Crippen LogP contribution in [-0.2, 0) is 0 Å². The minimum absolute atomic E-state index is 0.117. The summed E-state index contributed by atoms with van der Waals surface area (Å²) in [5, 5.41) is 11.9. The number of nitriles is 1. The van der Waals surface area contributed by atoms with E-state index >= 15 is 0 Å². The summed E-state index contributed by atoms with van der Waals surface area (Å²) in [6, 6.07) is 15.5. The van der Waals surface area contributed by atoms with Crippen LogP contribution >= 0.6 is 11.6 Å². The van der Waals surface area contributed by atoms with Gasteiger partial charge in [0.2, 0.25) is 5.88 Å². The van der Waals surface area contributed by atoms with Crippen molar-refractivity contribution in [2.24, 2.45) is 5.73 Å². The minimum Gasteiger partial charge on any atom is -0.440 e. The van der Waals surface area contributed by atoms with Gasteiger partial charge in [-0.3, -0.25) is 4.98 Å². The largest absolute Gasteiger partial charge is 0.440 e. The van der Waals surface area contributed by atoms with E-state index in [0.717, 1.165) is 21.9 Å². The summed E-state index contributed by atoms with van der Waals surface area (Å²) in [6.07, 6.45) is 3.42. The Kier molecular flexibility index (Phi) is 3.37. The molecule has 0 radical (unpaired) electrons. The fraction of sp³-hybridized carbons (Fsp3) is 0.0526. The van der Waals surface area contributed by atoms with Gasteiger partial charge < -0.3 is 10.5 Å². The molecule has 4 rings (SSSR count). The molecule has 0 saturated carbocycles. The molecule has 2 aromatic carbocycles.